The highest BCUT2D eigenvalue weighted by Gasteiger charge is 2.40. The number of rotatable bonds is 7. The zero-order valence-electron chi connectivity index (χ0n) is 13.3. The molecule has 6 heteroatoms. The molecular weight excluding hydrogens is 306 g/mol. The molecule has 1 rings (SSSR count). The third-order valence-corrected chi connectivity index (χ3v) is 3.52. The van der Waals surface area contributed by atoms with Gasteiger partial charge in [0.15, 0.2) is 5.92 Å². The molecule has 0 aromatic heterocycles. The van der Waals surface area contributed by atoms with Crippen LogP contribution in [-0.4, -0.2) is 44.1 Å². The molecule has 0 unspecified atom stereocenters. The Morgan fingerprint density at radius 2 is 1.59 bits per heavy atom. The van der Waals surface area contributed by atoms with Gasteiger partial charge in [0.05, 0.1) is 19.3 Å². The van der Waals surface area contributed by atoms with Crippen molar-refractivity contribution in [2.24, 2.45) is 5.92 Å². The molecule has 0 heterocycles. The van der Waals surface area contributed by atoms with E-state index in [0.29, 0.717) is 10.6 Å². The highest BCUT2D eigenvalue weighted by molar-refractivity contribution is 6.31. The van der Waals surface area contributed by atoms with Gasteiger partial charge >= 0.3 is 11.9 Å². The Hall–Kier alpha value is -1.59. The van der Waals surface area contributed by atoms with Crippen LogP contribution in [0.4, 0.5) is 0 Å². The van der Waals surface area contributed by atoms with Gasteiger partial charge in [-0.3, -0.25) is 9.59 Å². The number of halogens is 1. The maximum atomic E-state index is 12.3. The zero-order chi connectivity index (χ0) is 16.7. The van der Waals surface area contributed by atoms with Crippen molar-refractivity contribution in [3.05, 3.63) is 34.9 Å². The Kier molecular flexibility index (Phi) is 7.35. The Morgan fingerprint density at radius 3 is 2.00 bits per heavy atom. The molecule has 1 atom stereocenters. The summed E-state index contributed by atoms with van der Waals surface area (Å²) in [7, 11) is 3.55. The maximum absolute atomic E-state index is 12.3. The number of benzene rings is 1. The molecule has 0 spiro atoms. The van der Waals surface area contributed by atoms with Crippen molar-refractivity contribution in [3.8, 4) is 0 Å². The molecule has 1 aromatic rings. The molecule has 0 radical (unpaired) electrons. The highest BCUT2D eigenvalue weighted by atomic mass is 35.5. The van der Waals surface area contributed by atoms with Crippen molar-refractivity contribution in [2.75, 3.05) is 27.3 Å². The Labute approximate surface area is 136 Å². The second kappa shape index (κ2) is 8.76. The van der Waals surface area contributed by atoms with Crippen LogP contribution in [0.25, 0.3) is 0 Å². The summed E-state index contributed by atoms with van der Waals surface area (Å²) in [6, 6.07) is 6.55. The minimum Gasteiger partial charge on any atom is -0.465 e. The number of carbonyl (C=O) groups excluding carboxylic acids is 2. The molecule has 22 heavy (non-hydrogen) atoms. The lowest BCUT2D eigenvalue weighted by Crippen LogP contribution is -2.39. The first-order valence-corrected chi connectivity index (χ1v) is 7.55. The van der Waals surface area contributed by atoms with E-state index in [0.717, 1.165) is 0 Å². The van der Waals surface area contributed by atoms with Gasteiger partial charge in [-0.25, -0.2) is 0 Å². The number of hydrogen-bond donors (Lipinski definition) is 0. The Morgan fingerprint density at radius 1 is 1.09 bits per heavy atom. The second-order valence-corrected chi connectivity index (χ2v) is 5.32. The van der Waals surface area contributed by atoms with Crippen LogP contribution in [0.5, 0.6) is 0 Å². The molecule has 0 aliphatic carbocycles. The van der Waals surface area contributed by atoms with Crippen molar-refractivity contribution in [2.45, 2.75) is 19.9 Å². The predicted molar refractivity (Wildman–Crippen MR) is 84.6 cm³/mol. The molecule has 0 saturated carbocycles. The van der Waals surface area contributed by atoms with E-state index < -0.39 is 23.9 Å². The molecule has 0 N–H and O–H groups in total. The van der Waals surface area contributed by atoms with Gasteiger partial charge in [0, 0.05) is 5.02 Å². The van der Waals surface area contributed by atoms with Crippen LogP contribution in [0.3, 0.4) is 0 Å². The summed E-state index contributed by atoms with van der Waals surface area (Å²) in [5, 5.41) is 0.486. The summed E-state index contributed by atoms with van der Waals surface area (Å²) in [6.45, 7) is 3.77. The molecule has 0 saturated heterocycles. The van der Waals surface area contributed by atoms with Gasteiger partial charge in [-0.15, -0.1) is 0 Å². The summed E-state index contributed by atoms with van der Waals surface area (Å²) < 4.78 is 10.1. The van der Waals surface area contributed by atoms with Crippen molar-refractivity contribution in [1.82, 2.24) is 4.90 Å². The summed E-state index contributed by atoms with van der Waals surface area (Å²) >= 11 is 6.24. The number of hydrogen-bond acceptors (Lipinski definition) is 5. The van der Waals surface area contributed by atoms with E-state index in [-0.39, 0.29) is 13.2 Å². The van der Waals surface area contributed by atoms with Crippen LogP contribution in [0.1, 0.15) is 25.5 Å². The maximum Gasteiger partial charge on any atom is 0.322 e. The van der Waals surface area contributed by atoms with E-state index in [1.165, 1.54) is 0 Å². The fraction of sp³-hybridized carbons (Fsp3) is 0.500. The number of carbonyl (C=O) groups is 2. The lowest BCUT2D eigenvalue weighted by molar-refractivity contribution is -0.165. The third kappa shape index (κ3) is 4.45. The fourth-order valence-electron chi connectivity index (χ4n) is 2.29. The van der Waals surface area contributed by atoms with E-state index in [2.05, 4.69) is 0 Å². The highest BCUT2D eigenvalue weighted by Crippen LogP contribution is 2.33. The molecule has 0 bridgehead atoms. The molecule has 0 amide bonds. The van der Waals surface area contributed by atoms with Gasteiger partial charge in [-0.1, -0.05) is 29.8 Å². The van der Waals surface area contributed by atoms with E-state index in [9.17, 15) is 9.59 Å². The monoisotopic (exact) mass is 327 g/mol. The van der Waals surface area contributed by atoms with Crippen LogP contribution in [-0.2, 0) is 19.1 Å². The normalized spacial score (nSPS) is 12.3. The first kappa shape index (κ1) is 18.5. The fourth-order valence-corrected chi connectivity index (χ4v) is 2.54. The van der Waals surface area contributed by atoms with Crippen molar-refractivity contribution < 1.29 is 19.1 Å². The minimum atomic E-state index is -1.09. The Balaban J connectivity index is 3.29. The van der Waals surface area contributed by atoms with E-state index in [1.807, 2.05) is 6.07 Å². The quantitative estimate of drug-likeness (QED) is 0.569. The molecule has 0 fully saturated rings. The first-order chi connectivity index (χ1) is 10.4. The SMILES string of the molecule is CCOC(=O)C(C(=O)OCC)[C@H](c1ccccc1Cl)N(C)C. The Bertz CT molecular complexity index is 501. The summed E-state index contributed by atoms with van der Waals surface area (Å²) in [5.74, 6) is -2.31. The van der Waals surface area contributed by atoms with Gasteiger partial charge in [0.1, 0.15) is 0 Å². The number of ether oxygens (including phenoxy) is 2. The van der Waals surface area contributed by atoms with Gasteiger partial charge in [-0.2, -0.15) is 0 Å². The zero-order valence-corrected chi connectivity index (χ0v) is 14.1. The van der Waals surface area contributed by atoms with Gasteiger partial charge in [0.2, 0.25) is 0 Å². The predicted octanol–water partition coefficient (Wildman–Crippen LogP) is 2.69. The minimum absolute atomic E-state index is 0.192. The van der Waals surface area contributed by atoms with Crippen LogP contribution in [0, 0.1) is 5.92 Å². The van der Waals surface area contributed by atoms with E-state index in [4.69, 9.17) is 21.1 Å². The standard InChI is InChI=1S/C16H22ClNO4/c1-5-21-15(19)13(16(20)22-6-2)14(18(3)4)11-9-7-8-10-12(11)17/h7-10,13-14H,5-6H2,1-4H3/t14-/m0/s1. The average Bonchev–Trinajstić information content (AvgIpc) is 2.45. The lowest BCUT2D eigenvalue weighted by Gasteiger charge is -2.30. The summed E-state index contributed by atoms with van der Waals surface area (Å²) in [4.78, 5) is 26.4. The van der Waals surface area contributed by atoms with E-state index in [1.54, 1.807) is 51.0 Å². The van der Waals surface area contributed by atoms with Gasteiger partial charge in [-0.05, 0) is 39.6 Å². The van der Waals surface area contributed by atoms with Crippen LogP contribution >= 0.6 is 11.6 Å². The second-order valence-electron chi connectivity index (χ2n) is 4.91. The molecular formula is C16H22ClNO4. The molecule has 0 aliphatic rings. The largest absolute Gasteiger partial charge is 0.465 e. The van der Waals surface area contributed by atoms with Crippen LogP contribution in [0.2, 0.25) is 5.02 Å². The molecule has 1 aromatic carbocycles. The summed E-state index contributed by atoms with van der Waals surface area (Å²) in [5.41, 5.74) is 0.681. The number of nitrogens with zero attached hydrogens (tertiary/aromatic N) is 1. The van der Waals surface area contributed by atoms with Crippen molar-refractivity contribution in [1.29, 1.82) is 0 Å². The first-order valence-electron chi connectivity index (χ1n) is 7.18. The summed E-state index contributed by atoms with van der Waals surface area (Å²) in [6.07, 6.45) is 0. The third-order valence-electron chi connectivity index (χ3n) is 3.18. The smallest absolute Gasteiger partial charge is 0.322 e. The van der Waals surface area contributed by atoms with Gasteiger partial charge in [0.25, 0.3) is 0 Å². The van der Waals surface area contributed by atoms with Crippen LogP contribution in [0.15, 0.2) is 24.3 Å². The van der Waals surface area contributed by atoms with Gasteiger partial charge < -0.3 is 14.4 Å². The van der Waals surface area contributed by atoms with E-state index >= 15 is 0 Å². The average molecular weight is 328 g/mol. The molecule has 5 nitrogen and oxygen atoms in total. The molecule has 122 valence electrons. The number of esters is 2. The topological polar surface area (TPSA) is 55.8 Å². The molecule has 0 aliphatic heterocycles. The van der Waals surface area contributed by atoms with Crippen LogP contribution < -0.4 is 0 Å². The van der Waals surface area contributed by atoms with Crippen molar-refractivity contribution in [3.63, 3.8) is 0 Å². The van der Waals surface area contributed by atoms with Crippen molar-refractivity contribution >= 4 is 23.5 Å². The lowest BCUT2D eigenvalue weighted by atomic mass is 9.92.